The number of hydrogen-bond donors (Lipinski definition) is 1. The molecule has 1 aromatic carbocycles. The van der Waals surface area contributed by atoms with Crippen molar-refractivity contribution < 1.29 is 27.1 Å². The number of nitrogens with one attached hydrogen (secondary N) is 1. The Morgan fingerprint density at radius 1 is 1.13 bits per heavy atom. The van der Waals surface area contributed by atoms with Crippen molar-refractivity contribution in [2.24, 2.45) is 0 Å². The predicted molar refractivity (Wildman–Crippen MR) is 107 cm³/mol. The van der Waals surface area contributed by atoms with Crippen molar-refractivity contribution in [3.05, 3.63) is 54.0 Å². The molecule has 0 spiro atoms. The van der Waals surface area contributed by atoms with Gasteiger partial charge in [-0.15, -0.1) is 0 Å². The van der Waals surface area contributed by atoms with E-state index in [0.29, 0.717) is 0 Å². The van der Waals surface area contributed by atoms with E-state index in [9.17, 15) is 22.4 Å². The Kier molecular flexibility index (Phi) is 6.63. The number of hydrogen-bond acceptors (Lipinski definition) is 7. The zero-order valence-electron chi connectivity index (χ0n) is 16.2. The van der Waals surface area contributed by atoms with Gasteiger partial charge in [0.2, 0.25) is 10.0 Å². The first kappa shape index (κ1) is 21.7. The normalized spacial score (nSPS) is 14.9. The van der Waals surface area contributed by atoms with Crippen molar-refractivity contribution >= 4 is 33.4 Å². The van der Waals surface area contributed by atoms with Crippen LogP contribution in [0.5, 0.6) is 0 Å². The number of benzene rings is 1. The second kappa shape index (κ2) is 9.18. The first-order valence-corrected chi connectivity index (χ1v) is 11.0. The highest BCUT2D eigenvalue weighted by Gasteiger charge is 2.26. The molecule has 3 rings (SSSR count). The molecule has 9 nitrogen and oxygen atoms in total. The number of nitrogens with zero attached hydrogens (tertiary/aromatic N) is 3. The molecule has 11 heteroatoms. The van der Waals surface area contributed by atoms with Crippen LogP contribution >= 0.6 is 0 Å². The number of para-hydroxylation sites is 1. The summed E-state index contributed by atoms with van der Waals surface area (Å²) < 4.78 is 43.3. The molecule has 160 valence electrons. The van der Waals surface area contributed by atoms with Gasteiger partial charge in [-0.05, 0) is 24.3 Å². The summed E-state index contributed by atoms with van der Waals surface area (Å²) in [6, 6.07) is 8.91. The van der Waals surface area contributed by atoms with E-state index in [1.807, 2.05) is 0 Å². The molecular weight excluding hydrogens is 415 g/mol. The van der Waals surface area contributed by atoms with E-state index in [2.05, 4.69) is 10.3 Å². The van der Waals surface area contributed by atoms with Gasteiger partial charge in [-0.25, -0.2) is 22.6 Å². The van der Waals surface area contributed by atoms with Crippen molar-refractivity contribution in [3.8, 4) is 0 Å². The van der Waals surface area contributed by atoms with Gasteiger partial charge in [0.05, 0.1) is 11.9 Å². The number of rotatable bonds is 6. The number of halogens is 1. The van der Waals surface area contributed by atoms with Gasteiger partial charge in [0.15, 0.2) is 6.61 Å². The van der Waals surface area contributed by atoms with Crippen LogP contribution in [0.2, 0.25) is 0 Å². The summed E-state index contributed by atoms with van der Waals surface area (Å²) in [5, 5.41) is 2.75. The highest BCUT2D eigenvalue weighted by Crippen LogP contribution is 2.21. The molecule has 1 amide bonds. The van der Waals surface area contributed by atoms with Gasteiger partial charge in [-0.2, -0.15) is 4.31 Å². The molecule has 2 aromatic rings. The summed E-state index contributed by atoms with van der Waals surface area (Å²) in [6.45, 7) is 0.328. The van der Waals surface area contributed by atoms with Gasteiger partial charge in [-0.3, -0.25) is 4.79 Å². The lowest BCUT2D eigenvalue weighted by Crippen LogP contribution is -2.51. The molecule has 0 aliphatic carbocycles. The molecule has 0 atom stereocenters. The molecule has 1 N–H and O–H groups in total. The Morgan fingerprint density at radius 3 is 2.50 bits per heavy atom. The molecule has 2 heterocycles. The third-order valence-corrected chi connectivity index (χ3v) is 5.84. The molecule has 0 saturated carbocycles. The van der Waals surface area contributed by atoms with Crippen molar-refractivity contribution in [1.82, 2.24) is 14.2 Å². The number of aromatic nitrogens is 1. The van der Waals surface area contributed by atoms with Crippen LogP contribution in [-0.2, 0) is 19.6 Å². The number of carbonyl (C=O) groups is 2. The number of amides is 1. The summed E-state index contributed by atoms with van der Waals surface area (Å²) in [4.78, 5) is 30.3. The quantitative estimate of drug-likeness (QED) is 0.679. The van der Waals surface area contributed by atoms with Gasteiger partial charge in [0, 0.05) is 32.4 Å². The Bertz CT molecular complexity index is 1040. The second-order valence-electron chi connectivity index (χ2n) is 6.62. The smallest absolute Gasteiger partial charge is 0.342 e. The van der Waals surface area contributed by atoms with E-state index in [1.54, 1.807) is 6.07 Å². The molecule has 0 radical (unpaired) electrons. The molecule has 1 aromatic heterocycles. The summed E-state index contributed by atoms with van der Waals surface area (Å²) in [5.41, 5.74) is 0.195. The minimum Gasteiger partial charge on any atom is -0.452 e. The number of piperazine rings is 1. The minimum absolute atomic E-state index is 0.0513. The number of pyridine rings is 1. The van der Waals surface area contributed by atoms with Crippen LogP contribution in [0.3, 0.4) is 0 Å². The first-order chi connectivity index (χ1) is 14.3. The summed E-state index contributed by atoms with van der Waals surface area (Å²) in [6.07, 6.45) is 2.56. The van der Waals surface area contributed by atoms with Crippen LogP contribution in [0.25, 0.3) is 0 Å². The molecule has 1 fully saturated rings. The van der Waals surface area contributed by atoms with Crippen molar-refractivity contribution in [1.29, 1.82) is 0 Å². The number of ether oxygens (including phenoxy) is 1. The fraction of sp³-hybridized carbons (Fsp3) is 0.316. The highest BCUT2D eigenvalue weighted by atomic mass is 32.2. The Hall–Kier alpha value is -3.05. The lowest BCUT2D eigenvalue weighted by molar-refractivity contribution is -0.135. The molecular formula is C19H21FN4O5S. The molecule has 30 heavy (non-hydrogen) atoms. The lowest BCUT2D eigenvalue weighted by Gasteiger charge is -2.33. The zero-order valence-corrected chi connectivity index (χ0v) is 17.1. The van der Waals surface area contributed by atoms with Gasteiger partial charge in [-0.1, -0.05) is 12.1 Å². The predicted octanol–water partition coefficient (Wildman–Crippen LogP) is 1.22. The van der Waals surface area contributed by atoms with Crippen LogP contribution in [0, 0.1) is 5.82 Å². The van der Waals surface area contributed by atoms with Gasteiger partial charge >= 0.3 is 5.97 Å². The third kappa shape index (κ3) is 5.30. The minimum atomic E-state index is -3.30. The van der Waals surface area contributed by atoms with Crippen LogP contribution in [0.1, 0.15) is 10.4 Å². The second-order valence-corrected chi connectivity index (χ2v) is 8.61. The number of carbonyl (C=O) groups excluding carboxylic acids is 2. The Balaban J connectivity index is 1.59. The molecule has 1 aliphatic rings. The number of sulfonamides is 1. The standard InChI is InChI=1S/C19H21FN4O5S/c1-30(27,28)24-11-9-23(10-12-24)17(25)13-29-19(26)14-5-4-8-21-18(14)22-16-7-3-2-6-15(16)20/h2-8H,9-13H2,1H3,(H,21,22). The average molecular weight is 436 g/mol. The van der Waals surface area contributed by atoms with Gasteiger partial charge in [0.25, 0.3) is 5.91 Å². The fourth-order valence-electron chi connectivity index (χ4n) is 2.93. The van der Waals surface area contributed by atoms with Crippen LogP contribution in [0.4, 0.5) is 15.9 Å². The fourth-order valence-corrected chi connectivity index (χ4v) is 3.75. The average Bonchev–Trinajstić information content (AvgIpc) is 2.73. The maximum Gasteiger partial charge on any atom is 0.342 e. The van der Waals surface area contributed by atoms with E-state index in [4.69, 9.17) is 4.74 Å². The van der Waals surface area contributed by atoms with E-state index >= 15 is 0 Å². The van der Waals surface area contributed by atoms with E-state index in [0.717, 1.165) is 6.26 Å². The molecule has 0 bridgehead atoms. The van der Waals surface area contributed by atoms with Crippen LogP contribution in [-0.4, -0.2) is 73.5 Å². The highest BCUT2D eigenvalue weighted by molar-refractivity contribution is 7.88. The third-order valence-electron chi connectivity index (χ3n) is 4.54. The topological polar surface area (TPSA) is 109 Å². The Labute approximate surface area is 173 Å². The van der Waals surface area contributed by atoms with Crippen LogP contribution < -0.4 is 5.32 Å². The molecule has 0 unspecified atom stereocenters. The van der Waals surface area contributed by atoms with Gasteiger partial charge in [0.1, 0.15) is 17.2 Å². The van der Waals surface area contributed by atoms with E-state index < -0.39 is 34.3 Å². The first-order valence-electron chi connectivity index (χ1n) is 9.12. The summed E-state index contributed by atoms with van der Waals surface area (Å²) in [7, 11) is -3.30. The maximum absolute atomic E-state index is 13.9. The Morgan fingerprint density at radius 2 is 1.83 bits per heavy atom. The SMILES string of the molecule is CS(=O)(=O)N1CCN(C(=O)COC(=O)c2cccnc2Nc2ccccc2F)CC1. The zero-order chi connectivity index (χ0) is 21.7. The molecule has 1 aliphatic heterocycles. The van der Waals surface area contributed by atoms with Gasteiger partial charge < -0.3 is 15.0 Å². The monoisotopic (exact) mass is 436 g/mol. The van der Waals surface area contributed by atoms with Crippen LogP contribution in [0.15, 0.2) is 42.6 Å². The summed E-state index contributed by atoms with van der Waals surface area (Å²) in [5.74, 6) is -1.62. The summed E-state index contributed by atoms with van der Waals surface area (Å²) >= 11 is 0. The van der Waals surface area contributed by atoms with E-state index in [1.165, 1.54) is 45.7 Å². The molecule has 1 saturated heterocycles. The van der Waals surface area contributed by atoms with Crippen molar-refractivity contribution in [2.45, 2.75) is 0 Å². The van der Waals surface area contributed by atoms with E-state index in [-0.39, 0.29) is 43.2 Å². The number of anilines is 2. The largest absolute Gasteiger partial charge is 0.452 e. The maximum atomic E-state index is 13.9. The number of esters is 1. The van der Waals surface area contributed by atoms with Crippen molar-refractivity contribution in [3.63, 3.8) is 0 Å². The lowest BCUT2D eigenvalue weighted by atomic mass is 10.2. The van der Waals surface area contributed by atoms with Crippen molar-refractivity contribution in [2.75, 3.05) is 44.4 Å².